The molecular weight excluding hydrogens is 345 g/mol. The number of methoxy groups -OCH3 is 1. The molecule has 0 unspecified atom stereocenters. The second-order valence-electron chi connectivity index (χ2n) is 4.91. The maximum absolute atomic E-state index is 12.9. The maximum atomic E-state index is 12.9. The molecule has 1 aromatic heterocycles. The van der Waals surface area contributed by atoms with Gasteiger partial charge in [-0.15, -0.1) is 11.8 Å². The highest BCUT2D eigenvalue weighted by Gasteiger charge is 2.31. The Morgan fingerprint density at radius 1 is 1.33 bits per heavy atom. The first-order valence-electron chi connectivity index (χ1n) is 7.02. The van der Waals surface area contributed by atoms with Crippen LogP contribution in [0.15, 0.2) is 23.2 Å². The number of fused-ring (bicyclic) bond motifs is 1. The minimum absolute atomic E-state index is 0.109. The van der Waals surface area contributed by atoms with Gasteiger partial charge >= 0.3 is 12.1 Å². The number of carboxylic acids is 1. The standard InChI is InChI=1S/C15H15F3N2O3S/c1-23-6-4-12-19-11-3-2-9(15(16,17)18)8-10(11)14(20-12)24-7-5-13(21)22/h2-3,8H,4-7H2,1H3,(H,21,22). The number of ether oxygens (including phenoxy) is 1. The van der Waals surface area contributed by atoms with Crippen LogP contribution in [0, 0.1) is 0 Å². The van der Waals surface area contributed by atoms with Gasteiger partial charge in [-0.1, -0.05) is 0 Å². The van der Waals surface area contributed by atoms with Crippen molar-refractivity contribution in [1.82, 2.24) is 9.97 Å². The molecule has 0 aliphatic rings. The Hall–Kier alpha value is -1.87. The van der Waals surface area contributed by atoms with E-state index in [2.05, 4.69) is 9.97 Å². The Labute approximate surface area is 140 Å². The lowest BCUT2D eigenvalue weighted by Gasteiger charge is -2.11. The molecule has 130 valence electrons. The Bertz CT molecular complexity index is 738. The third kappa shape index (κ3) is 4.81. The number of aromatic nitrogens is 2. The molecule has 2 rings (SSSR count). The summed E-state index contributed by atoms with van der Waals surface area (Å²) in [6, 6.07) is 3.27. The van der Waals surface area contributed by atoms with Crippen molar-refractivity contribution in [1.29, 1.82) is 0 Å². The quantitative estimate of drug-likeness (QED) is 0.603. The Kier molecular flexibility index (Phi) is 6.00. The van der Waals surface area contributed by atoms with Gasteiger partial charge in [-0.2, -0.15) is 13.2 Å². The van der Waals surface area contributed by atoms with Gasteiger partial charge in [0.25, 0.3) is 0 Å². The summed E-state index contributed by atoms with van der Waals surface area (Å²) in [6.07, 6.45) is -4.16. The molecule has 5 nitrogen and oxygen atoms in total. The largest absolute Gasteiger partial charge is 0.481 e. The van der Waals surface area contributed by atoms with Crippen LogP contribution >= 0.6 is 11.8 Å². The number of thioether (sulfide) groups is 1. The highest BCUT2D eigenvalue weighted by molar-refractivity contribution is 7.99. The number of alkyl halides is 3. The molecule has 0 aliphatic heterocycles. The van der Waals surface area contributed by atoms with E-state index in [9.17, 15) is 18.0 Å². The molecule has 0 radical (unpaired) electrons. The molecule has 0 aliphatic carbocycles. The fraction of sp³-hybridized carbons (Fsp3) is 0.400. The first-order chi connectivity index (χ1) is 11.3. The van der Waals surface area contributed by atoms with Crippen molar-refractivity contribution in [3.63, 3.8) is 0 Å². The van der Waals surface area contributed by atoms with Crippen molar-refractivity contribution < 1.29 is 27.8 Å². The number of halogens is 3. The average Bonchev–Trinajstić information content (AvgIpc) is 2.51. The topological polar surface area (TPSA) is 72.3 Å². The highest BCUT2D eigenvalue weighted by atomic mass is 32.2. The Morgan fingerprint density at radius 2 is 2.08 bits per heavy atom. The third-order valence-corrected chi connectivity index (χ3v) is 4.11. The van der Waals surface area contributed by atoms with Crippen LogP contribution in [0.4, 0.5) is 13.2 Å². The summed E-state index contributed by atoms with van der Waals surface area (Å²) in [7, 11) is 1.53. The van der Waals surface area contributed by atoms with Crippen molar-refractivity contribution in [2.75, 3.05) is 19.5 Å². The molecule has 1 aromatic carbocycles. The Morgan fingerprint density at radius 3 is 2.71 bits per heavy atom. The van der Waals surface area contributed by atoms with Crippen molar-refractivity contribution in [3.05, 3.63) is 29.6 Å². The van der Waals surface area contributed by atoms with Crippen molar-refractivity contribution in [2.45, 2.75) is 24.0 Å². The zero-order valence-corrected chi connectivity index (χ0v) is 13.6. The van der Waals surface area contributed by atoms with E-state index in [4.69, 9.17) is 9.84 Å². The van der Waals surface area contributed by atoms with Crippen LogP contribution in [-0.2, 0) is 22.1 Å². The van der Waals surface area contributed by atoms with E-state index in [1.807, 2.05) is 0 Å². The van der Waals surface area contributed by atoms with Crippen molar-refractivity contribution in [3.8, 4) is 0 Å². The predicted octanol–water partition coefficient (Wildman–Crippen LogP) is 3.40. The lowest BCUT2D eigenvalue weighted by Crippen LogP contribution is -2.07. The van der Waals surface area contributed by atoms with Crippen LogP contribution in [0.5, 0.6) is 0 Å². The van der Waals surface area contributed by atoms with Gasteiger partial charge < -0.3 is 9.84 Å². The summed E-state index contributed by atoms with van der Waals surface area (Å²) >= 11 is 1.11. The molecule has 0 saturated carbocycles. The molecule has 0 fully saturated rings. The number of aliphatic carboxylic acids is 1. The number of carboxylic acid groups (broad SMARTS) is 1. The minimum Gasteiger partial charge on any atom is -0.481 e. The van der Waals surface area contributed by atoms with Crippen LogP contribution in [0.25, 0.3) is 10.9 Å². The van der Waals surface area contributed by atoms with E-state index < -0.39 is 17.7 Å². The van der Waals surface area contributed by atoms with Gasteiger partial charge in [0.2, 0.25) is 0 Å². The van der Waals surface area contributed by atoms with Crippen LogP contribution in [0.2, 0.25) is 0 Å². The minimum atomic E-state index is -4.47. The zero-order valence-electron chi connectivity index (χ0n) is 12.8. The van der Waals surface area contributed by atoms with E-state index >= 15 is 0 Å². The number of benzene rings is 1. The van der Waals surface area contributed by atoms with Gasteiger partial charge in [-0.25, -0.2) is 9.97 Å². The number of carbonyl (C=O) groups is 1. The summed E-state index contributed by atoms with van der Waals surface area (Å²) in [5.41, 5.74) is -0.398. The van der Waals surface area contributed by atoms with Gasteiger partial charge in [0.1, 0.15) is 10.9 Å². The van der Waals surface area contributed by atoms with Gasteiger partial charge in [0.15, 0.2) is 0 Å². The predicted molar refractivity (Wildman–Crippen MR) is 83.1 cm³/mol. The molecule has 0 bridgehead atoms. The lowest BCUT2D eigenvalue weighted by atomic mass is 10.1. The summed E-state index contributed by atoms with van der Waals surface area (Å²) in [5, 5.41) is 9.33. The van der Waals surface area contributed by atoms with Gasteiger partial charge in [-0.3, -0.25) is 4.79 Å². The highest BCUT2D eigenvalue weighted by Crippen LogP contribution is 2.34. The molecular formula is C15H15F3N2O3S. The van der Waals surface area contributed by atoms with E-state index in [1.165, 1.54) is 13.2 Å². The monoisotopic (exact) mass is 360 g/mol. The molecule has 9 heteroatoms. The SMILES string of the molecule is COCCc1nc(SCCC(=O)O)c2cc(C(F)(F)F)ccc2n1. The van der Waals surface area contributed by atoms with E-state index in [-0.39, 0.29) is 17.6 Å². The van der Waals surface area contributed by atoms with Crippen LogP contribution < -0.4 is 0 Å². The zero-order chi connectivity index (χ0) is 17.7. The normalized spacial score (nSPS) is 11.8. The first kappa shape index (κ1) is 18.5. The average molecular weight is 360 g/mol. The molecule has 24 heavy (non-hydrogen) atoms. The maximum Gasteiger partial charge on any atom is 0.416 e. The summed E-state index contributed by atoms with van der Waals surface area (Å²) in [6.45, 7) is 0.380. The number of nitrogens with zero attached hydrogens (tertiary/aromatic N) is 2. The van der Waals surface area contributed by atoms with E-state index in [0.717, 1.165) is 23.9 Å². The molecule has 0 atom stereocenters. The molecule has 0 amide bonds. The molecule has 1 heterocycles. The number of rotatable bonds is 7. The first-order valence-corrected chi connectivity index (χ1v) is 8.01. The van der Waals surface area contributed by atoms with Crippen molar-refractivity contribution >= 4 is 28.6 Å². The van der Waals surface area contributed by atoms with Gasteiger partial charge in [0, 0.05) is 24.7 Å². The fourth-order valence-corrected chi connectivity index (χ4v) is 2.93. The molecule has 0 saturated heterocycles. The number of hydrogen-bond acceptors (Lipinski definition) is 5. The van der Waals surface area contributed by atoms with E-state index in [1.54, 1.807) is 0 Å². The second kappa shape index (κ2) is 7.80. The molecule has 0 spiro atoms. The summed E-state index contributed by atoms with van der Waals surface area (Å²) < 4.78 is 43.7. The summed E-state index contributed by atoms with van der Waals surface area (Å²) in [4.78, 5) is 19.2. The Balaban J connectivity index is 2.43. The van der Waals surface area contributed by atoms with Crippen LogP contribution in [0.1, 0.15) is 17.8 Å². The third-order valence-electron chi connectivity index (χ3n) is 3.12. The van der Waals surface area contributed by atoms with Crippen LogP contribution in [-0.4, -0.2) is 40.5 Å². The van der Waals surface area contributed by atoms with Crippen LogP contribution in [0.3, 0.4) is 0 Å². The van der Waals surface area contributed by atoms with Gasteiger partial charge in [0.05, 0.1) is 24.1 Å². The van der Waals surface area contributed by atoms with Gasteiger partial charge in [-0.05, 0) is 18.2 Å². The number of hydrogen-bond donors (Lipinski definition) is 1. The molecule has 2 aromatic rings. The molecule has 1 N–H and O–H groups in total. The smallest absolute Gasteiger partial charge is 0.416 e. The lowest BCUT2D eigenvalue weighted by molar-refractivity contribution is -0.138. The van der Waals surface area contributed by atoms with Crippen molar-refractivity contribution in [2.24, 2.45) is 0 Å². The fourth-order valence-electron chi connectivity index (χ4n) is 1.97. The van der Waals surface area contributed by atoms with E-state index in [0.29, 0.717) is 29.4 Å². The second-order valence-corrected chi connectivity index (χ2v) is 5.99. The summed E-state index contributed by atoms with van der Waals surface area (Å²) in [5.74, 6) is -0.320.